The van der Waals surface area contributed by atoms with Crippen LogP contribution in [0.3, 0.4) is 0 Å². The zero-order chi connectivity index (χ0) is 14.4. The van der Waals surface area contributed by atoms with Crippen LogP contribution in [0.4, 0.5) is 14.6 Å². The second-order valence-corrected chi connectivity index (χ2v) is 5.24. The third-order valence-electron chi connectivity index (χ3n) is 3.88. The maximum Gasteiger partial charge on any atom is 0.132 e. The lowest BCUT2D eigenvalue weighted by Gasteiger charge is -2.26. The molecule has 0 radical (unpaired) electrons. The van der Waals surface area contributed by atoms with Crippen molar-refractivity contribution in [3.05, 3.63) is 59.7 Å². The predicted molar refractivity (Wildman–Crippen MR) is 77.3 cm³/mol. The molecule has 1 aromatic heterocycles. The zero-order valence-electron chi connectivity index (χ0n) is 11.2. The Hall–Kier alpha value is -2.43. The summed E-state index contributed by atoms with van der Waals surface area (Å²) in [5.41, 5.74) is 1.49. The molecule has 21 heavy (non-hydrogen) atoms. The van der Waals surface area contributed by atoms with Gasteiger partial charge in [0.2, 0.25) is 0 Å². The van der Waals surface area contributed by atoms with Crippen LogP contribution in [0.2, 0.25) is 0 Å². The maximum atomic E-state index is 13.5. The van der Waals surface area contributed by atoms with E-state index >= 15 is 0 Å². The molecule has 1 unspecified atom stereocenters. The third kappa shape index (κ3) is 1.96. The minimum absolute atomic E-state index is 0.154. The van der Waals surface area contributed by atoms with E-state index in [-0.39, 0.29) is 6.04 Å². The van der Waals surface area contributed by atoms with Crippen molar-refractivity contribution in [2.24, 2.45) is 0 Å². The molecule has 0 saturated heterocycles. The summed E-state index contributed by atoms with van der Waals surface area (Å²) in [7, 11) is 0. The number of rotatable bonds is 1. The SMILES string of the molecule is Fc1cc(F)cc(C2CCNc3c4ccccc4nn32)c1. The van der Waals surface area contributed by atoms with Gasteiger partial charge in [0, 0.05) is 18.0 Å². The normalized spacial score (nSPS) is 17.5. The van der Waals surface area contributed by atoms with Crippen LogP contribution in [-0.4, -0.2) is 16.3 Å². The van der Waals surface area contributed by atoms with Crippen LogP contribution in [0, 0.1) is 11.6 Å². The van der Waals surface area contributed by atoms with E-state index in [1.165, 1.54) is 12.1 Å². The number of fused-ring (bicyclic) bond motifs is 3. The number of anilines is 1. The van der Waals surface area contributed by atoms with Gasteiger partial charge in [0.1, 0.15) is 17.5 Å². The summed E-state index contributed by atoms with van der Waals surface area (Å²) in [6.45, 7) is 0.748. The summed E-state index contributed by atoms with van der Waals surface area (Å²) in [4.78, 5) is 0. The smallest absolute Gasteiger partial charge is 0.132 e. The lowest BCUT2D eigenvalue weighted by molar-refractivity contribution is 0.477. The van der Waals surface area contributed by atoms with Gasteiger partial charge in [-0.2, -0.15) is 5.10 Å². The molecule has 1 atom stereocenters. The summed E-state index contributed by atoms with van der Waals surface area (Å²) in [5, 5.41) is 8.93. The Balaban J connectivity index is 1.90. The van der Waals surface area contributed by atoms with Crippen LogP contribution in [0.25, 0.3) is 10.9 Å². The minimum atomic E-state index is -0.554. The Kier molecular flexibility index (Phi) is 2.67. The summed E-state index contributed by atoms with van der Waals surface area (Å²) >= 11 is 0. The van der Waals surface area contributed by atoms with Crippen LogP contribution in [-0.2, 0) is 0 Å². The highest BCUT2D eigenvalue weighted by atomic mass is 19.1. The van der Waals surface area contributed by atoms with E-state index in [4.69, 9.17) is 0 Å². The molecule has 0 aliphatic carbocycles. The summed E-state index contributed by atoms with van der Waals surface area (Å²) < 4.78 is 28.8. The Morgan fingerprint density at radius 3 is 2.67 bits per heavy atom. The molecular formula is C16H13F2N3. The van der Waals surface area contributed by atoms with E-state index in [0.29, 0.717) is 5.56 Å². The number of nitrogens with one attached hydrogen (secondary N) is 1. The van der Waals surface area contributed by atoms with E-state index in [1.807, 2.05) is 28.9 Å². The molecule has 1 N–H and O–H groups in total. The fraction of sp³-hybridized carbons (Fsp3) is 0.188. The zero-order valence-corrected chi connectivity index (χ0v) is 11.2. The summed E-state index contributed by atoms with van der Waals surface area (Å²) in [6.07, 6.45) is 0.740. The van der Waals surface area contributed by atoms with Gasteiger partial charge < -0.3 is 5.32 Å². The Morgan fingerprint density at radius 1 is 1.10 bits per heavy atom. The Morgan fingerprint density at radius 2 is 1.86 bits per heavy atom. The number of hydrogen-bond acceptors (Lipinski definition) is 2. The molecule has 0 amide bonds. The minimum Gasteiger partial charge on any atom is -0.370 e. The van der Waals surface area contributed by atoms with Crippen molar-refractivity contribution in [1.29, 1.82) is 0 Å². The summed E-state index contributed by atoms with van der Waals surface area (Å²) in [5.74, 6) is -0.199. The van der Waals surface area contributed by atoms with Crippen molar-refractivity contribution in [3.8, 4) is 0 Å². The van der Waals surface area contributed by atoms with Gasteiger partial charge in [0.05, 0.1) is 11.6 Å². The van der Waals surface area contributed by atoms with Gasteiger partial charge in [-0.1, -0.05) is 12.1 Å². The highest BCUT2D eigenvalue weighted by Gasteiger charge is 2.25. The third-order valence-corrected chi connectivity index (χ3v) is 3.88. The number of halogens is 2. The van der Waals surface area contributed by atoms with E-state index in [1.54, 1.807) is 0 Å². The number of aromatic nitrogens is 2. The predicted octanol–water partition coefficient (Wildman–Crippen LogP) is 3.72. The van der Waals surface area contributed by atoms with Gasteiger partial charge >= 0.3 is 0 Å². The van der Waals surface area contributed by atoms with E-state index < -0.39 is 11.6 Å². The van der Waals surface area contributed by atoms with Crippen LogP contribution in [0.15, 0.2) is 42.5 Å². The molecule has 3 nitrogen and oxygen atoms in total. The van der Waals surface area contributed by atoms with Crippen molar-refractivity contribution in [2.45, 2.75) is 12.5 Å². The first-order valence-corrected chi connectivity index (χ1v) is 6.89. The fourth-order valence-electron chi connectivity index (χ4n) is 2.98. The standard InChI is InChI=1S/C16H13F2N3/c17-11-7-10(8-12(18)9-11)15-5-6-19-16-13-3-1-2-4-14(13)20-21(15)16/h1-4,7-9,15,19H,5-6H2. The highest BCUT2D eigenvalue weighted by molar-refractivity contribution is 5.90. The number of benzene rings is 2. The molecule has 0 bridgehead atoms. The quantitative estimate of drug-likeness (QED) is 0.738. The number of hydrogen-bond donors (Lipinski definition) is 1. The second kappa shape index (κ2) is 4.55. The van der Waals surface area contributed by atoms with Crippen molar-refractivity contribution in [2.75, 3.05) is 11.9 Å². The molecule has 5 heteroatoms. The topological polar surface area (TPSA) is 29.9 Å². The maximum absolute atomic E-state index is 13.5. The molecule has 4 rings (SSSR count). The summed E-state index contributed by atoms with van der Waals surface area (Å²) in [6, 6.07) is 11.3. The van der Waals surface area contributed by atoms with Crippen LogP contribution < -0.4 is 5.32 Å². The van der Waals surface area contributed by atoms with E-state index in [2.05, 4.69) is 10.4 Å². The molecule has 0 fully saturated rings. The first kappa shape index (κ1) is 12.3. The van der Waals surface area contributed by atoms with Gasteiger partial charge in [-0.3, -0.25) is 0 Å². The molecule has 1 aliphatic heterocycles. The van der Waals surface area contributed by atoms with Crippen molar-refractivity contribution in [3.63, 3.8) is 0 Å². The number of nitrogens with zero attached hydrogens (tertiary/aromatic N) is 2. The van der Waals surface area contributed by atoms with Crippen LogP contribution >= 0.6 is 0 Å². The van der Waals surface area contributed by atoms with Gasteiger partial charge in [0.25, 0.3) is 0 Å². The molecule has 2 heterocycles. The van der Waals surface area contributed by atoms with E-state index in [0.717, 1.165) is 35.8 Å². The van der Waals surface area contributed by atoms with Gasteiger partial charge in [-0.25, -0.2) is 13.5 Å². The van der Waals surface area contributed by atoms with Crippen molar-refractivity contribution >= 4 is 16.7 Å². The molecule has 0 spiro atoms. The van der Waals surface area contributed by atoms with Gasteiger partial charge in [-0.05, 0) is 36.2 Å². The molecule has 2 aromatic carbocycles. The largest absolute Gasteiger partial charge is 0.370 e. The molecule has 3 aromatic rings. The fourth-order valence-corrected chi connectivity index (χ4v) is 2.98. The van der Waals surface area contributed by atoms with Crippen LogP contribution in [0.5, 0.6) is 0 Å². The van der Waals surface area contributed by atoms with Crippen molar-refractivity contribution in [1.82, 2.24) is 9.78 Å². The molecule has 1 aliphatic rings. The Bertz CT molecular complexity index is 805. The highest BCUT2D eigenvalue weighted by Crippen LogP contribution is 2.34. The van der Waals surface area contributed by atoms with Crippen molar-refractivity contribution < 1.29 is 8.78 Å². The lowest BCUT2D eigenvalue weighted by atomic mass is 10.0. The first-order valence-electron chi connectivity index (χ1n) is 6.89. The second-order valence-electron chi connectivity index (χ2n) is 5.24. The molecular weight excluding hydrogens is 272 g/mol. The molecule has 106 valence electrons. The lowest BCUT2D eigenvalue weighted by Crippen LogP contribution is -2.24. The first-order chi connectivity index (χ1) is 10.2. The van der Waals surface area contributed by atoms with Gasteiger partial charge in [-0.15, -0.1) is 0 Å². The monoisotopic (exact) mass is 285 g/mol. The average molecular weight is 285 g/mol. The average Bonchev–Trinajstić information content (AvgIpc) is 2.84. The Labute approximate surface area is 120 Å². The molecule has 0 saturated carbocycles. The van der Waals surface area contributed by atoms with Crippen LogP contribution in [0.1, 0.15) is 18.0 Å². The van der Waals surface area contributed by atoms with Gasteiger partial charge in [0.15, 0.2) is 0 Å². The van der Waals surface area contributed by atoms with E-state index in [9.17, 15) is 8.78 Å².